The molecule has 0 fully saturated rings. The molecule has 0 saturated heterocycles. The molecule has 2 N–H and O–H groups in total. The molecule has 0 aliphatic rings. The highest BCUT2D eigenvalue weighted by atomic mass is 16.3. The van der Waals surface area contributed by atoms with Crippen LogP contribution in [0.3, 0.4) is 0 Å². The van der Waals surface area contributed by atoms with Crippen LogP contribution >= 0.6 is 0 Å². The molecule has 0 rings (SSSR count). The number of hydrogen-bond donors (Lipinski definition) is 2. The molecule has 2 nitrogen and oxygen atoms in total. The molecule has 0 atom stereocenters. The third-order valence-corrected chi connectivity index (χ3v) is 0.794. The molecule has 0 aliphatic carbocycles. The van der Waals surface area contributed by atoms with Crippen molar-refractivity contribution in [1.29, 1.82) is 0 Å². The summed E-state index contributed by atoms with van der Waals surface area (Å²) >= 11 is 0. The summed E-state index contributed by atoms with van der Waals surface area (Å²) in [7, 11) is 0. The SMILES string of the molecule is C=C(O)/C=C(\C)NC(=C)C. The van der Waals surface area contributed by atoms with Crippen molar-refractivity contribution in [2.24, 2.45) is 0 Å². The van der Waals surface area contributed by atoms with Gasteiger partial charge in [-0.15, -0.1) is 0 Å². The van der Waals surface area contributed by atoms with Gasteiger partial charge in [0.2, 0.25) is 0 Å². The van der Waals surface area contributed by atoms with Crippen LogP contribution in [0.4, 0.5) is 0 Å². The van der Waals surface area contributed by atoms with Gasteiger partial charge in [-0.1, -0.05) is 13.2 Å². The van der Waals surface area contributed by atoms with Crippen LogP contribution in [0.1, 0.15) is 13.8 Å². The van der Waals surface area contributed by atoms with Crippen LogP contribution in [0.25, 0.3) is 0 Å². The molecule has 0 amide bonds. The average Bonchev–Trinajstić information content (AvgIpc) is 1.58. The van der Waals surface area contributed by atoms with E-state index in [1.165, 1.54) is 6.08 Å². The van der Waals surface area contributed by atoms with E-state index in [0.29, 0.717) is 0 Å². The Balaban J connectivity index is 3.95. The highest BCUT2D eigenvalue weighted by Crippen LogP contribution is 1.94. The molecule has 0 radical (unpaired) electrons. The largest absolute Gasteiger partial charge is 0.509 e. The molecule has 0 aromatic heterocycles. The summed E-state index contributed by atoms with van der Waals surface area (Å²) in [5.41, 5.74) is 1.68. The fourth-order valence-corrected chi connectivity index (χ4v) is 0.623. The maximum atomic E-state index is 8.70. The zero-order valence-electron chi connectivity index (χ0n) is 6.44. The molecular weight excluding hydrogens is 126 g/mol. The second-order valence-electron chi connectivity index (χ2n) is 2.22. The first-order chi connectivity index (χ1) is 4.52. The topological polar surface area (TPSA) is 32.3 Å². The van der Waals surface area contributed by atoms with Gasteiger partial charge in [-0.05, 0) is 19.9 Å². The third kappa shape index (κ3) is 4.97. The summed E-state index contributed by atoms with van der Waals surface area (Å²) in [5.74, 6) is 0.0475. The zero-order chi connectivity index (χ0) is 8.15. The van der Waals surface area contributed by atoms with Crippen LogP contribution in [0, 0.1) is 0 Å². The Morgan fingerprint density at radius 2 is 1.90 bits per heavy atom. The van der Waals surface area contributed by atoms with Crippen LogP contribution in [-0.2, 0) is 0 Å². The van der Waals surface area contributed by atoms with Crippen LogP contribution in [0.5, 0.6) is 0 Å². The van der Waals surface area contributed by atoms with Gasteiger partial charge in [0.05, 0.1) is 0 Å². The molecule has 10 heavy (non-hydrogen) atoms. The zero-order valence-corrected chi connectivity index (χ0v) is 6.44. The predicted octanol–water partition coefficient (Wildman–Crippen LogP) is 2.09. The van der Waals surface area contributed by atoms with Gasteiger partial charge in [-0.25, -0.2) is 0 Å². The summed E-state index contributed by atoms with van der Waals surface area (Å²) in [6.07, 6.45) is 1.54. The molecule has 0 unspecified atom stereocenters. The first-order valence-corrected chi connectivity index (χ1v) is 3.01. The van der Waals surface area contributed by atoms with E-state index < -0.39 is 0 Å². The lowest BCUT2D eigenvalue weighted by Crippen LogP contribution is -2.06. The standard InChI is InChI=1S/C8H13NO/c1-6(2)9-7(3)5-8(4)10/h5,9-10H,1,4H2,2-3H3/b7-5+. The molecule has 0 aromatic carbocycles. The molecule has 0 heterocycles. The maximum Gasteiger partial charge on any atom is 0.110 e. The van der Waals surface area contributed by atoms with Crippen molar-refractivity contribution in [2.45, 2.75) is 13.8 Å². The van der Waals surface area contributed by atoms with E-state index in [1.54, 1.807) is 0 Å². The molecule has 0 bridgehead atoms. The number of aliphatic hydroxyl groups excluding tert-OH is 1. The quantitative estimate of drug-likeness (QED) is 0.463. The van der Waals surface area contributed by atoms with Gasteiger partial charge in [-0.3, -0.25) is 0 Å². The van der Waals surface area contributed by atoms with E-state index in [1.807, 2.05) is 13.8 Å². The fraction of sp³-hybridized carbons (Fsp3) is 0.250. The van der Waals surface area contributed by atoms with Gasteiger partial charge in [0, 0.05) is 11.4 Å². The highest BCUT2D eigenvalue weighted by Gasteiger charge is 1.87. The first kappa shape index (κ1) is 8.82. The van der Waals surface area contributed by atoms with Gasteiger partial charge in [0.25, 0.3) is 0 Å². The molecule has 0 aliphatic heterocycles. The Labute approximate surface area is 61.6 Å². The van der Waals surface area contributed by atoms with Crippen molar-refractivity contribution in [3.63, 3.8) is 0 Å². The van der Waals surface area contributed by atoms with E-state index in [9.17, 15) is 0 Å². The minimum Gasteiger partial charge on any atom is -0.509 e. The minimum absolute atomic E-state index is 0.0475. The number of nitrogens with one attached hydrogen (secondary N) is 1. The van der Waals surface area contributed by atoms with Crippen LogP contribution in [0.15, 0.2) is 36.4 Å². The van der Waals surface area contributed by atoms with E-state index in [-0.39, 0.29) is 5.76 Å². The van der Waals surface area contributed by atoms with Crippen LogP contribution in [0.2, 0.25) is 0 Å². The molecule has 0 spiro atoms. The number of hydrogen-bond acceptors (Lipinski definition) is 2. The lowest BCUT2D eigenvalue weighted by atomic mass is 10.4. The van der Waals surface area contributed by atoms with Crippen LogP contribution in [-0.4, -0.2) is 5.11 Å². The molecule has 0 aromatic rings. The summed E-state index contributed by atoms with van der Waals surface area (Å²) in [4.78, 5) is 0. The van der Waals surface area contributed by atoms with Crippen molar-refractivity contribution in [3.8, 4) is 0 Å². The summed E-state index contributed by atoms with van der Waals surface area (Å²) in [6.45, 7) is 10.6. The molecule has 56 valence electrons. The Morgan fingerprint density at radius 1 is 1.40 bits per heavy atom. The second-order valence-corrected chi connectivity index (χ2v) is 2.22. The highest BCUT2D eigenvalue weighted by molar-refractivity contribution is 5.14. The maximum absolute atomic E-state index is 8.70. The third-order valence-electron chi connectivity index (χ3n) is 0.794. The van der Waals surface area contributed by atoms with E-state index >= 15 is 0 Å². The average molecular weight is 139 g/mol. The minimum atomic E-state index is 0.0475. The molecule has 2 heteroatoms. The van der Waals surface area contributed by atoms with Crippen molar-refractivity contribution in [3.05, 3.63) is 36.4 Å². The monoisotopic (exact) mass is 139 g/mol. The normalized spacial score (nSPS) is 10.8. The fourth-order valence-electron chi connectivity index (χ4n) is 0.623. The van der Waals surface area contributed by atoms with Gasteiger partial charge in [-0.2, -0.15) is 0 Å². The summed E-state index contributed by atoms with van der Waals surface area (Å²) in [6, 6.07) is 0. The second kappa shape index (κ2) is 3.77. The smallest absolute Gasteiger partial charge is 0.110 e. The number of aliphatic hydroxyl groups is 1. The Bertz CT molecular complexity index is 180. The van der Waals surface area contributed by atoms with Crippen molar-refractivity contribution in [1.82, 2.24) is 5.32 Å². The van der Waals surface area contributed by atoms with E-state index in [2.05, 4.69) is 18.5 Å². The van der Waals surface area contributed by atoms with Crippen molar-refractivity contribution >= 4 is 0 Å². The molecule has 0 saturated carbocycles. The predicted molar refractivity (Wildman–Crippen MR) is 43.5 cm³/mol. The van der Waals surface area contributed by atoms with E-state index in [4.69, 9.17) is 5.11 Å². The van der Waals surface area contributed by atoms with Gasteiger partial charge in [0.15, 0.2) is 0 Å². The lowest BCUT2D eigenvalue weighted by Gasteiger charge is -2.03. The van der Waals surface area contributed by atoms with Crippen molar-refractivity contribution < 1.29 is 5.11 Å². The Hall–Kier alpha value is -1.18. The number of allylic oxidation sites excluding steroid dienone is 3. The summed E-state index contributed by atoms with van der Waals surface area (Å²) in [5, 5.41) is 11.6. The lowest BCUT2D eigenvalue weighted by molar-refractivity contribution is 0.434. The summed E-state index contributed by atoms with van der Waals surface area (Å²) < 4.78 is 0. The number of rotatable bonds is 3. The van der Waals surface area contributed by atoms with Gasteiger partial charge >= 0.3 is 0 Å². The first-order valence-electron chi connectivity index (χ1n) is 3.01. The van der Waals surface area contributed by atoms with Crippen molar-refractivity contribution in [2.75, 3.05) is 0 Å². The van der Waals surface area contributed by atoms with E-state index in [0.717, 1.165) is 11.4 Å². The molecular formula is C8H13NO. The van der Waals surface area contributed by atoms with Crippen LogP contribution < -0.4 is 5.32 Å². The Morgan fingerprint density at radius 3 is 2.20 bits per heavy atom. The Kier molecular flexibility index (Phi) is 3.33. The van der Waals surface area contributed by atoms with Gasteiger partial charge in [0.1, 0.15) is 5.76 Å². The van der Waals surface area contributed by atoms with Gasteiger partial charge < -0.3 is 10.4 Å².